The van der Waals surface area contributed by atoms with Crippen LogP contribution in [0.4, 0.5) is 0 Å². The van der Waals surface area contributed by atoms with Gasteiger partial charge in [-0.15, -0.1) is 6.58 Å². The molecule has 4 atom stereocenters. The quantitative estimate of drug-likeness (QED) is 0.561. The first-order valence-electron chi connectivity index (χ1n) is 12.6. The van der Waals surface area contributed by atoms with E-state index in [1.165, 1.54) is 33.3 Å². The fourth-order valence-electron chi connectivity index (χ4n) is 8.00. The van der Waals surface area contributed by atoms with Crippen molar-refractivity contribution in [1.82, 2.24) is 9.47 Å². The molecule has 3 heterocycles. The van der Waals surface area contributed by atoms with Gasteiger partial charge >= 0.3 is 0 Å². The summed E-state index contributed by atoms with van der Waals surface area (Å²) in [6.07, 6.45) is 5.52. The van der Waals surface area contributed by atoms with Gasteiger partial charge in [0.05, 0.1) is 11.1 Å². The SMILES string of the molecule is C=CCN1CC[C@]23c4c5ccc(O)c4O[C@H]2c2c(c4ccccc4n2C)C[C@@]3(OCCC)[C@H]1C5. The molecule has 0 unspecified atom stereocenters. The Bertz CT molecular complexity index is 1340. The van der Waals surface area contributed by atoms with Gasteiger partial charge in [0.2, 0.25) is 0 Å². The van der Waals surface area contributed by atoms with Crippen molar-refractivity contribution < 1.29 is 14.6 Å². The predicted octanol–water partition coefficient (Wildman–Crippen LogP) is 4.79. The maximum absolute atomic E-state index is 11.0. The van der Waals surface area contributed by atoms with Gasteiger partial charge in [-0.1, -0.05) is 37.3 Å². The summed E-state index contributed by atoms with van der Waals surface area (Å²) < 4.78 is 16.3. The minimum Gasteiger partial charge on any atom is -0.504 e. The molecule has 3 aromatic rings. The number of benzene rings is 2. The molecular weight excluding hydrogens is 424 g/mol. The summed E-state index contributed by atoms with van der Waals surface area (Å²) in [7, 11) is 2.16. The van der Waals surface area contributed by atoms with E-state index in [1.54, 1.807) is 0 Å². The Morgan fingerprint density at radius 1 is 1.26 bits per heavy atom. The second-order valence-electron chi connectivity index (χ2n) is 10.5. The number of fused-ring (bicyclic) bond motifs is 4. The summed E-state index contributed by atoms with van der Waals surface area (Å²) in [5.74, 6) is 0.930. The molecule has 2 bridgehead atoms. The normalized spacial score (nSPS) is 30.6. The van der Waals surface area contributed by atoms with Gasteiger partial charge in [-0.25, -0.2) is 0 Å². The average molecular weight is 457 g/mol. The van der Waals surface area contributed by atoms with Crippen LogP contribution in [0.25, 0.3) is 10.9 Å². The number of phenols is 1. The molecular formula is C29H32N2O3. The number of aromatic hydroxyl groups is 1. The number of ether oxygens (including phenoxy) is 2. The Morgan fingerprint density at radius 3 is 2.94 bits per heavy atom. The highest BCUT2D eigenvalue weighted by Gasteiger charge is 2.74. The van der Waals surface area contributed by atoms with E-state index in [1.807, 2.05) is 12.1 Å². The highest BCUT2D eigenvalue weighted by atomic mass is 16.5. The van der Waals surface area contributed by atoms with Crippen molar-refractivity contribution in [2.24, 2.45) is 7.05 Å². The molecule has 7 rings (SSSR count). The minimum atomic E-state index is -0.419. The first kappa shape index (κ1) is 20.6. The van der Waals surface area contributed by atoms with Crippen LogP contribution < -0.4 is 4.74 Å². The first-order chi connectivity index (χ1) is 16.6. The van der Waals surface area contributed by atoms with Gasteiger partial charge < -0.3 is 19.1 Å². The Hall–Kier alpha value is -2.76. The zero-order valence-corrected chi connectivity index (χ0v) is 20.0. The third-order valence-corrected chi connectivity index (χ3v) is 9.17. The molecule has 176 valence electrons. The van der Waals surface area contributed by atoms with Crippen molar-refractivity contribution in [2.75, 3.05) is 19.7 Å². The van der Waals surface area contributed by atoms with Gasteiger partial charge in [-0.2, -0.15) is 0 Å². The highest BCUT2D eigenvalue weighted by molar-refractivity contribution is 5.87. The maximum atomic E-state index is 11.0. The average Bonchev–Trinajstić information content (AvgIpc) is 3.33. The third-order valence-electron chi connectivity index (χ3n) is 9.17. The zero-order valence-electron chi connectivity index (χ0n) is 20.0. The number of aromatic nitrogens is 1. The lowest BCUT2D eigenvalue weighted by molar-refractivity contribution is -0.203. The summed E-state index contributed by atoms with van der Waals surface area (Å²) in [6, 6.07) is 12.9. The maximum Gasteiger partial charge on any atom is 0.166 e. The van der Waals surface area contributed by atoms with E-state index in [2.05, 4.69) is 60.3 Å². The fraction of sp³-hybridized carbons (Fsp3) is 0.448. The first-order valence-corrected chi connectivity index (χ1v) is 12.6. The summed E-state index contributed by atoms with van der Waals surface area (Å²) in [5.41, 5.74) is 5.59. The van der Waals surface area contributed by atoms with E-state index < -0.39 is 5.60 Å². The van der Waals surface area contributed by atoms with Gasteiger partial charge in [0, 0.05) is 55.7 Å². The van der Waals surface area contributed by atoms with Crippen molar-refractivity contribution in [3.05, 3.63) is 71.4 Å². The van der Waals surface area contributed by atoms with E-state index in [9.17, 15) is 5.11 Å². The molecule has 2 aromatic carbocycles. The van der Waals surface area contributed by atoms with Crippen LogP contribution in [0.1, 0.15) is 48.3 Å². The second-order valence-corrected chi connectivity index (χ2v) is 10.5. The Morgan fingerprint density at radius 2 is 2.12 bits per heavy atom. The molecule has 5 heteroatoms. The predicted molar refractivity (Wildman–Crippen MR) is 133 cm³/mol. The molecule has 1 aromatic heterocycles. The number of hydrogen-bond donors (Lipinski definition) is 1. The van der Waals surface area contributed by atoms with Crippen LogP contribution >= 0.6 is 0 Å². The van der Waals surface area contributed by atoms with Crippen LogP contribution in [0.2, 0.25) is 0 Å². The monoisotopic (exact) mass is 456 g/mol. The lowest BCUT2D eigenvalue weighted by Gasteiger charge is -2.64. The molecule has 1 fully saturated rings. The minimum absolute atomic E-state index is 0.179. The molecule has 2 aliphatic heterocycles. The summed E-state index contributed by atoms with van der Waals surface area (Å²) in [5, 5.41) is 12.3. The molecule has 4 aliphatic rings. The van der Waals surface area contributed by atoms with E-state index in [0.717, 1.165) is 45.4 Å². The van der Waals surface area contributed by atoms with Crippen LogP contribution in [0.15, 0.2) is 49.1 Å². The molecule has 1 spiro atoms. The summed E-state index contributed by atoms with van der Waals surface area (Å²) >= 11 is 0. The van der Waals surface area contributed by atoms with E-state index in [4.69, 9.17) is 9.47 Å². The van der Waals surface area contributed by atoms with Gasteiger partial charge in [0.1, 0.15) is 5.60 Å². The molecule has 1 N–H and O–H groups in total. The fourth-order valence-corrected chi connectivity index (χ4v) is 8.00. The van der Waals surface area contributed by atoms with E-state index >= 15 is 0 Å². The van der Waals surface area contributed by atoms with Crippen LogP contribution in [0.5, 0.6) is 11.5 Å². The Kier molecular flexibility index (Phi) is 4.18. The van der Waals surface area contributed by atoms with E-state index in [-0.39, 0.29) is 23.3 Å². The molecule has 34 heavy (non-hydrogen) atoms. The molecule has 0 amide bonds. The van der Waals surface area contributed by atoms with Crippen LogP contribution in [0, 0.1) is 0 Å². The molecule has 1 saturated heterocycles. The van der Waals surface area contributed by atoms with Gasteiger partial charge in [-0.3, -0.25) is 4.90 Å². The van der Waals surface area contributed by atoms with Crippen LogP contribution in [0.3, 0.4) is 0 Å². The van der Waals surface area contributed by atoms with E-state index in [0.29, 0.717) is 5.75 Å². The zero-order chi connectivity index (χ0) is 23.2. The molecule has 2 aliphatic carbocycles. The highest BCUT2D eigenvalue weighted by Crippen LogP contribution is 2.70. The number of aryl methyl sites for hydroxylation is 1. The van der Waals surface area contributed by atoms with Gasteiger partial charge in [0.25, 0.3) is 0 Å². The van der Waals surface area contributed by atoms with Crippen molar-refractivity contribution in [1.29, 1.82) is 0 Å². The lowest BCUT2D eigenvalue weighted by Crippen LogP contribution is -2.75. The number of para-hydroxylation sites is 1. The van der Waals surface area contributed by atoms with Crippen molar-refractivity contribution in [3.63, 3.8) is 0 Å². The standard InChI is InChI=1S/C29H32N2O3/c1-4-13-31-14-12-28-24-18-10-11-22(32)26(24)34-27(28)25-20(19-8-6-7-9-21(19)30(25)3)17-29(28,23(31)16-18)33-15-5-2/h4,6-11,23,27,32H,1,5,12-17H2,2-3H3/t23-,27+,28+,29-/m1/s1. The Balaban J connectivity index is 1.59. The number of piperidine rings is 1. The van der Waals surface area contributed by atoms with Crippen molar-refractivity contribution in [2.45, 2.75) is 55.8 Å². The number of nitrogens with zero attached hydrogens (tertiary/aromatic N) is 2. The Labute approximate surface area is 200 Å². The summed E-state index contributed by atoms with van der Waals surface area (Å²) in [4.78, 5) is 2.58. The number of likely N-dealkylation sites (tertiary alicyclic amines) is 1. The number of rotatable bonds is 5. The van der Waals surface area contributed by atoms with Gasteiger partial charge in [-0.05, 0) is 42.5 Å². The van der Waals surface area contributed by atoms with Gasteiger partial charge in [0.15, 0.2) is 17.6 Å². The molecule has 0 radical (unpaired) electrons. The third kappa shape index (κ3) is 2.19. The smallest absolute Gasteiger partial charge is 0.166 e. The topological polar surface area (TPSA) is 46.9 Å². The number of hydrogen-bond acceptors (Lipinski definition) is 4. The molecule has 5 nitrogen and oxygen atoms in total. The van der Waals surface area contributed by atoms with Crippen molar-refractivity contribution >= 4 is 10.9 Å². The second kappa shape index (κ2) is 6.89. The molecule has 0 saturated carbocycles. The number of phenolic OH excluding ortho intramolecular Hbond substituents is 1. The van der Waals surface area contributed by atoms with Crippen LogP contribution in [-0.2, 0) is 30.0 Å². The lowest BCUT2D eigenvalue weighted by atomic mass is 9.48. The van der Waals surface area contributed by atoms with Crippen LogP contribution in [-0.4, -0.2) is 45.9 Å². The van der Waals surface area contributed by atoms with Crippen molar-refractivity contribution in [3.8, 4) is 11.5 Å². The largest absolute Gasteiger partial charge is 0.504 e. The summed E-state index contributed by atoms with van der Waals surface area (Å²) in [6.45, 7) is 8.80.